The summed E-state index contributed by atoms with van der Waals surface area (Å²) in [6, 6.07) is 7.02. The fourth-order valence-corrected chi connectivity index (χ4v) is 4.77. The van der Waals surface area contributed by atoms with E-state index in [1.165, 1.54) is 12.0 Å². The monoisotopic (exact) mass is 476 g/mol. The normalized spacial score (nSPS) is 16.6. The highest BCUT2D eigenvalue weighted by Gasteiger charge is 2.33. The van der Waals surface area contributed by atoms with Gasteiger partial charge in [0.1, 0.15) is 0 Å². The van der Waals surface area contributed by atoms with Gasteiger partial charge in [-0.3, -0.25) is 9.80 Å². The van der Waals surface area contributed by atoms with Gasteiger partial charge in [-0.05, 0) is 43.2 Å². The lowest BCUT2D eigenvalue weighted by Gasteiger charge is -2.39. The molecule has 1 saturated heterocycles. The Hall–Kier alpha value is -3.11. The van der Waals surface area contributed by atoms with E-state index in [0.29, 0.717) is 37.6 Å². The number of fused-ring (bicyclic) bond motifs is 1. The Balaban J connectivity index is 1.73. The van der Waals surface area contributed by atoms with Crippen LogP contribution in [0.25, 0.3) is 16.6 Å². The largest absolute Gasteiger partial charge is 0.481 e. The van der Waals surface area contributed by atoms with Crippen molar-refractivity contribution >= 4 is 11.5 Å². The molecule has 3 aromatic rings. The number of carbonyl (C=O) groups is 1. The van der Waals surface area contributed by atoms with Gasteiger partial charge in [0.15, 0.2) is 0 Å². The molecule has 1 N–H and O–H groups in total. The number of hydrogen-bond donors (Lipinski definition) is 1. The maximum absolute atomic E-state index is 12.8. The molecule has 0 saturated carbocycles. The Morgan fingerprint density at radius 1 is 1.21 bits per heavy atom. The molecule has 1 fully saturated rings. The molecule has 0 spiro atoms. The molecule has 0 aromatic carbocycles. The minimum absolute atomic E-state index is 0.193. The van der Waals surface area contributed by atoms with E-state index in [9.17, 15) is 23.1 Å². The average Bonchev–Trinajstić information content (AvgIpc) is 3.21. The summed E-state index contributed by atoms with van der Waals surface area (Å²) < 4.78 is 45.5. The maximum atomic E-state index is 12.8. The Kier molecular flexibility index (Phi) is 6.55. The third-order valence-corrected chi connectivity index (χ3v) is 6.49. The molecule has 4 rings (SSSR count). The van der Waals surface area contributed by atoms with Crippen LogP contribution in [-0.4, -0.2) is 76.3 Å². The number of aromatic carboxylic acids is 1. The minimum atomic E-state index is -4.22. The highest BCUT2D eigenvalue weighted by atomic mass is 19.4. The summed E-state index contributed by atoms with van der Waals surface area (Å²) in [5.74, 6) is -0.573. The second-order valence-corrected chi connectivity index (χ2v) is 8.55. The fraction of sp³-hybridized carbons (Fsp3) is 0.417. The van der Waals surface area contributed by atoms with E-state index in [-0.39, 0.29) is 11.6 Å². The highest BCUT2D eigenvalue weighted by Crippen LogP contribution is 2.34. The summed E-state index contributed by atoms with van der Waals surface area (Å²) >= 11 is 0. The van der Waals surface area contributed by atoms with Gasteiger partial charge < -0.3 is 14.2 Å². The molecule has 4 heterocycles. The van der Waals surface area contributed by atoms with E-state index in [1.807, 2.05) is 29.7 Å². The third-order valence-electron chi connectivity index (χ3n) is 6.49. The molecule has 10 heteroatoms. The van der Waals surface area contributed by atoms with Crippen LogP contribution in [0.15, 0.2) is 36.7 Å². The number of methoxy groups -OCH3 is 1. The van der Waals surface area contributed by atoms with E-state index in [2.05, 4.69) is 9.88 Å². The van der Waals surface area contributed by atoms with Gasteiger partial charge in [-0.1, -0.05) is 0 Å². The number of hydrogen-bond acceptors (Lipinski definition) is 5. The van der Waals surface area contributed by atoms with Crippen molar-refractivity contribution in [2.45, 2.75) is 26.1 Å². The smallest absolute Gasteiger partial charge is 0.401 e. The van der Waals surface area contributed by atoms with Gasteiger partial charge in [0.2, 0.25) is 5.88 Å². The number of piperazine rings is 1. The minimum Gasteiger partial charge on any atom is -0.481 e. The summed E-state index contributed by atoms with van der Waals surface area (Å²) in [7, 11) is 1.53. The lowest BCUT2D eigenvalue weighted by Crippen LogP contribution is -2.49. The van der Waals surface area contributed by atoms with E-state index in [1.54, 1.807) is 25.3 Å². The topological polar surface area (TPSA) is 70.3 Å². The van der Waals surface area contributed by atoms with Crippen molar-refractivity contribution in [3.63, 3.8) is 0 Å². The van der Waals surface area contributed by atoms with E-state index in [0.717, 1.165) is 22.3 Å². The summed E-state index contributed by atoms with van der Waals surface area (Å²) in [4.78, 5) is 19.7. The predicted molar refractivity (Wildman–Crippen MR) is 121 cm³/mol. The molecular weight excluding hydrogens is 449 g/mol. The number of nitrogens with zero attached hydrogens (tertiary/aromatic N) is 4. The summed E-state index contributed by atoms with van der Waals surface area (Å²) in [6.45, 7) is 4.38. The SMILES string of the molecule is COc1cc(-c2ccn3c(C(C)N4CCN(CC(F)(F)F)CC4)c(C)c(C(=O)O)cc23)ccn1. The Bertz CT molecular complexity index is 1200. The summed E-state index contributed by atoms with van der Waals surface area (Å²) in [5, 5.41) is 9.90. The number of carboxylic acid groups (broad SMARTS) is 1. The van der Waals surface area contributed by atoms with Gasteiger partial charge in [-0.2, -0.15) is 13.2 Å². The molecule has 0 bridgehead atoms. The zero-order chi connectivity index (χ0) is 24.6. The number of ether oxygens (including phenoxy) is 1. The quantitative estimate of drug-likeness (QED) is 0.574. The predicted octanol–water partition coefficient (Wildman–Crippen LogP) is 4.26. The van der Waals surface area contributed by atoms with E-state index in [4.69, 9.17) is 4.74 Å². The highest BCUT2D eigenvalue weighted by molar-refractivity contribution is 5.94. The van der Waals surface area contributed by atoms with Crippen LogP contribution in [-0.2, 0) is 0 Å². The molecule has 1 aliphatic heterocycles. The molecule has 1 aliphatic rings. The van der Waals surface area contributed by atoms with Gasteiger partial charge in [-0.15, -0.1) is 0 Å². The second-order valence-electron chi connectivity index (χ2n) is 8.55. The second kappa shape index (κ2) is 9.27. The van der Waals surface area contributed by atoms with E-state index >= 15 is 0 Å². The van der Waals surface area contributed by atoms with Crippen molar-refractivity contribution in [1.29, 1.82) is 0 Å². The number of alkyl halides is 3. The number of halogens is 3. The van der Waals surface area contributed by atoms with E-state index < -0.39 is 18.7 Å². The molecular formula is C24H27F3N4O3. The third kappa shape index (κ3) is 4.74. The lowest BCUT2D eigenvalue weighted by atomic mass is 9.99. The van der Waals surface area contributed by atoms with Crippen LogP contribution in [0.3, 0.4) is 0 Å². The first-order chi connectivity index (χ1) is 16.1. The molecule has 0 aliphatic carbocycles. The van der Waals surface area contributed by atoms with Gasteiger partial charge >= 0.3 is 12.1 Å². The van der Waals surface area contributed by atoms with Crippen molar-refractivity contribution in [2.75, 3.05) is 39.8 Å². The summed E-state index contributed by atoms with van der Waals surface area (Å²) in [5.41, 5.74) is 4.06. The first kappa shape index (κ1) is 24.0. The standard InChI is InChI=1S/C24H27F3N4O3/c1-15-19(23(32)33)13-20-18(17-4-6-28-21(12-17)34-3)5-7-31(20)22(15)16(2)30-10-8-29(9-11-30)14-24(25,26)27/h4-7,12-13,16H,8-11,14H2,1-3H3,(H,32,33). The Morgan fingerprint density at radius 2 is 1.91 bits per heavy atom. The van der Waals surface area contributed by atoms with Crippen molar-refractivity contribution in [2.24, 2.45) is 0 Å². The first-order valence-electron chi connectivity index (χ1n) is 11.0. The van der Waals surface area contributed by atoms with Crippen molar-refractivity contribution in [1.82, 2.24) is 19.2 Å². The van der Waals surface area contributed by atoms with Crippen LogP contribution in [0.2, 0.25) is 0 Å². The molecule has 0 radical (unpaired) electrons. The summed E-state index contributed by atoms with van der Waals surface area (Å²) in [6.07, 6.45) is -0.681. The zero-order valence-electron chi connectivity index (χ0n) is 19.3. The maximum Gasteiger partial charge on any atom is 0.401 e. The molecule has 7 nitrogen and oxygen atoms in total. The van der Waals surface area contributed by atoms with Crippen LogP contribution in [0.1, 0.15) is 34.6 Å². The van der Waals surface area contributed by atoms with Gasteiger partial charge in [-0.25, -0.2) is 9.78 Å². The first-order valence-corrected chi connectivity index (χ1v) is 11.0. The van der Waals surface area contributed by atoms with Gasteiger partial charge in [0, 0.05) is 61.9 Å². The molecule has 3 aromatic heterocycles. The molecule has 0 amide bonds. The van der Waals surface area contributed by atoms with Crippen LogP contribution in [0.5, 0.6) is 5.88 Å². The Morgan fingerprint density at radius 3 is 2.53 bits per heavy atom. The van der Waals surface area contributed by atoms with Gasteiger partial charge in [0.25, 0.3) is 0 Å². The number of carboxylic acids is 1. The van der Waals surface area contributed by atoms with Crippen LogP contribution in [0, 0.1) is 6.92 Å². The number of aromatic nitrogens is 2. The van der Waals surface area contributed by atoms with Crippen LogP contribution in [0.4, 0.5) is 13.2 Å². The number of pyridine rings is 2. The Labute approximate surface area is 195 Å². The van der Waals surface area contributed by atoms with Crippen molar-refractivity contribution < 1.29 is 27.8 Å². The molecule has 182 valence electrons. The zero-order valence-corrected chi connectivity index (χ0v) is 19.3. The lowest BCUT2D eigenvalue weighted by molar-refractivity contribution is -0.149. The molecule has 1 atom stereocenters. The van der Waals surface area contributed by atoms with Crippen molar-refractivity contribution in [3.8, 4) is 17.0 Å². The fourth-order valence-electron chi connectivity index (χ4n) is 4.77. The van der Waals surface area contributed by atoms with Crippen molar-refractivity contribution in [3.05, 3.63) is 53.5 Å². The molecule has 1 unspecified atom stereocenters. The van der Waals surface area contributed by atoms with Crippen LogP contribution < -0.4 is 4.74 Å². The molecule has 34 heavy (non-hydrogen) atoms. The number of rotatable bonds is 6. The van der Waals surface area contributed by atoms with Gasteiger partial charge in [0.05, 0.1) is 24.7 Å². The van der Waals surface area contributed by atoms with Crippen LogP contribution >= 0.6 is 0 Å². The average molecular weight is 476 g/mol.